The van der Waals surface area contributed by atoms with E-state index in [1.807, 2.05) is 12.4 Å². The maximum atomic E-state index is 5.70. The van der Waals surface area contributed by atoms with Gasteiger partial charge in [-0.1, -0.05) is 12.1 Å². The highest BCUT2D eigenvalue weighted by Crippen LogP contribution is 2.36. The SMILES string of the molecule is Cc1c(N2CCc3cnc(Nc4cccc(CN5CCN(C)CC5)c4)nc3C2)cnc2c1NCCO2. The normalized spacial score (nSPS) is 18.1. The van der Waals surface area contributed by atoms with Crippen LogP contribution in [-0.4, -0.2) is 77.7 Å². The topological polar surface area (TPSA) is 81.7 Å². The quantitative estimate of drug-likeness (QED) is 0.565. The lowest BCUT2D eigenvalue weighted by molar-refractivity contribution is 0.148. The Morgan fingerprint density at radius 2 is 1.97 bits per heavy atom. The molecule has 0 amide bonds. The van der Waals surface area contributed by atoms with E-state index in [2.05, 4.69) is 73.5 Å². The Hall–Kier alpha value is -3.43. The molecule has 0 spiro atoms. The van der Waals surface area contributed by atoms with Crippen molar-refractivity contribution in [2.24, 2.45) is 0 Å². The molecular formula is C27H34N8O. The number of benzene rings is 1. The number of hydrogen-bond donors (Lipinski definition) is 2. The van der Waals surface area contributed by atoms with Crippen LogP contribution in [0.1, 0.15) is 22.4 Å². The second-order valence-electron chi connectivity index (χ2n) is 9.97. The van der Waals surface area contributed by atoms with E-state index in [-0.39, 0.29) is 0 Å². The molecule has 2 aromatic heterocycles. The zero-order valence-electron chi connectivity index (χ0n) is 21.1. The molecule has 3 aliphatic heterocycles. The fraction of sp³-hybridized carbons (Fsp3) is 0.444. The number of rotatable bonds is 5. The minimum atomic E-state index is 0.641. The molecular weight excluding hydrogens is 452 g/mol. The Kier molecular flexibility index (Phi) is 6.33. The zero-order chi connectivity index (χ0) is 24.5. The zero-order valence-corrected chi connectivity index (χ0v) is 21.1. The molecule has 9 heteroatoms. The molecule has 6 rings (SSSR count). The van der Waals surface area contributed by atoms with Crippen molar-refractivity contribution in [3.8, 4) is 5.88 Å². The van der Waals surface area contributed by atoms with Gasteiger partial charge in [-0.15, -0.1) is 0 Å². The fourth-order valence-corrected chi connectivity index (χ4v) is 5.24. The van der Waals surface area contributed by atoms with Gasteiger partial charge in [-0.05, 0) is 43.7 Å². The maximum absolute atomic E-state index is 5.70. The van der Waals surface area contributed by atoms with Crippen LogP contribution in [0.15, 0.2) is 36.7 Å². The maximum Gasteiger partial charge on any atom is 0.237 e. The second-order valence-corrected chi connectivity index (χ2v) is 9.97. The number of nitrogens with zero attached hydrogens (tertiary/aromatic N) is 6. The van der Waals surface area contributed by atoms with Crippen molar-refractivity contribution in [3.63, 3.8) is 0 Å². The van der Waals surface area contributed by atoms with Gasteiger partial charge < -0.3 is 25.2 Å². The van der Waals surface area contributed by atoms with Crippen LogP contribution in [-0.2, 0) is 19.5 Å². The van der Waals surface area contributed by atoms with Crippen LogP contribution in [0.5, 0.6) is 5.88 Å². The van der Waals surface area contributed by atoms with E-state index in [1.165, 1.54) is 16.7 Å². The van der Waals surface area contributed by atoms with Crippen LogP contribution in [0.25, 0.3) is 0 Å². The van der Waals surface area contributed by atoms with E-state index in [9.17, 15) is 0 Å². The van der Waals surface area contributed by atoms with Gasteiger partial charge in [-0.2, -0.15) is 0 Å². The Balaban J connectivity index is 1.16. The first-order valence-corrected chi connectivity index (χ1v) is 12.9. The summed E-state index contributed by atoms with van der Waals surface area (Å²) in [6.45, 7) is 10.7. The van der Waals surface area contributed by atoms with Crippen LogP contribution in [0.3, 0.4) is 0 Å². The minimum Gasteiger partial charge on any atom is -0.474 e. The van der Waals surface area contributed by atoms with Crippen LogP contribution in [0, 0.1) is 6.92 Å². The Morgan fingerprint density at radius 1 is 1.08 bits per heavy atom. The lowest BCUT2D eigenvalue weighted by Crippen LogP contribution is -2.43. The Bertz CT molecular complexity index is 1240. The van der Waals surface area contributed by atoms with Gasteiger partial charge in [0.2, 0.25) is 11.8 Å². The molecule has 0 saturated carbocycles. The number of ether oxygens (including phenoxy) is 1. The third-order valence-electron chi connectivity index (χ3n) is 7.39. The van der Waals surface area contributed by atoms with Gasteiger partial charge in [-0.25, -0.2) is 15.0 Å². The molecule has 3 aliphatic rings. The fourth-order valence-electron chi connectivity index (χ4n) is 5.24. The van der Waals surface area contributed by atoms with Crippen molar-refractivity contribution in [2.75, 3.05) is 68.5 Å². The summed E-state index contributed by atoms with van der Waals surface area (Å²) in [4.78, 5) is 21.4. The number of hydrogen-bond acceptors (Lipinski definition) is 9. The van der Waals surface area contributed by atoms with Gasteiger partial charge in [0, 0.05) is 63.3 Å². The summed E-state index contributed by atoms with van der Waals surface area (Å²) in [5, 5.41) is 6.88. The molecule has 1 fully saturated rings. The number of pyridine rings is 1. The molecule has 1 saturated heterocycles. The minimum absolute atomic E-state index is 0.641. The van der Waals surface area contributed by atoms with Crippen molar-refractivity contribution >= 4 is 23.0 Å². The largest absolute Gasteiger partial charge is 0.474 e. The summed E-state index contributed by atoms with van der Waals surface area (Å²) in [5.74, 6) is 1.34. The highest BCUT2D eigenvalue weighted by molar-refractivity contribution is 5.70. The molecule has 0 aliphatic carbocycles. The smallest absolute Gasteiger partial charge is 0.237 e. The predicted molar refractivity (Wildman–Crippen MR) is 142 cm³/mol. The molecule has 5 heterocycles. The highest BCUT2D eigenvalue weighted by atomic mass is 16.5. The first-order chi connectivity index (χ1) is 17.6. The molecule has 9 nitrogen and oxygen atoms in total. The molecule has 0 atom stereocenters. The molecule has 3 aromatic rings. The van der Waals surface area contributed by atoms with Crippen LogP contribution in [0.2, 0.25) is 0 Å². The van der Waals surface area contributed by atoms with Gasteiger partial charge in [-0.3, -0.25) is 4.90 Å². The average Bonchev–Trinajstić information content (AvgIpc) is 2.90. The first-order valence-electron chi connectivity index (χ1n) is 12.9. The van der Waals surface area contributed by atoms with Crippen molar-refractivity contribution in [3.05, 3.63) is 59.0 Å². The number of likely N-dealkylation sites (N-methyl/N-ethyl adjacent to an activating group) is 1. The number of nitrogens with one attached hydrogen (secondary N) is 2. The standard InChI is InChI=1S/C27H34N8O/c1-19-24(16-29-26-25(19)28-7-13-36-26)35-8-6-21-15-30-27(32-23(21)18-35)31-22-5-3-4-20(14-22)17-34-11-9-33(2)10-12-34/h3-5,14-16,28H,6-13,17-18H2,1-2H3,(H,30,31,32). The summed E-state index contributed by atoms with van der Waals surface area (Å²) >= 11 is 0. The van der Waals surface area contributed by atoms with Crippen LogP contribution >= 0.6 is 0 Å². The molecule has 0 unspecified atom stereocenters. The summed E-state index contributed by atoms with van der Waals surface area (Å²) in [6, 6.07) is 8.60. The van der Waals surface area contributed by atoms with Gasteiger partial charge >= 0.3 is 0 Å². The van der Waals surface area contributed by atoms with Gasteiger partial charge in [0.25, 0.3) is 0 Å². The van der Waals surface area contributed by atoms with E-state index >= 15 is 0 Å². The molecule has 1 aromatic carbocycles. The lowest BCUT2D eigenvalue weighted by atomic mass is 10.0. The van der Waals surface area contributed by atoms with Gasteiger partial charge in [0.1, 0.15) is 12.3 Å². The van der Waals surface area contributed by atoms with Crippen LogP contribution < -0.4 is 20.3 Å². The lowest BCUT2D eigenvalue weighted by Gasteiger charge is -2.32. The van der Waals surface area contributed by atoms with E-state index < -0.39 is 0 Å². The average molecular weight is 487 g/mol. The summed E-state index contributed by atoms with van der Waals surface area (Å²) in [7, 11) is 2.19. The van der Waals surface area contributed by atoms with Crippen molar-refractivity contribution < 1.29 is 4.74 Å². The summed E-state index contributed by atoms with van der Waals surface area (Å²) < 4.78 is 5.70. The van der Waals surface area contributed by atoms with E-state index in [4.69, 9.17) is 9.72 Å². The van der Waals surface area contributed by atoms with E-state index in [1.54, 1.807) is 0 Å². The molecule has 0 bridgehead atoms. The van der Waals surface area contributed by atoms with Gasteiger partial charge in [0.15, 0.2) is 0 Å². The molecule has 0 radical (unpaired) electrons. The van der Waals surface area contributed by atoms with Crippen molar-refractivity contribution in [1.29, 1.82) is 0 Å². The number of aromatic nitrogens is 3. The predicted octanol–water partition coefficient (Wildman–Crippen LogP) is 3.04. The number of piperazine rings is 1. The Labute approximate surface area is 212 Å². The monoisotopic (exact) mass is 486 g/mol. The Morgan fingerprint density at radius 3 is 2.86 bits per heavy atom. The number of anilines is 4. The van der Waals surface area contributed by atoms with E-state index in [0.717, 1.165) is 81.5 Å². The number of fused-ring (bicyclic) bond motifs is 2. The summed E-state index contributed by atoms with van der Waals surface area (Å²) in [5.41, 5.74) is 7.91. The highest BCUT2D eigenvalue weighted by Gasteiger charge is 2.24. The third-order valence-corrected chi connectivity index (χ3v) is 7.39. The molecule has 188 valence electrons. The van der Waals surface area contributed by atoms with Crippen LogP contribution in [0.4, 0.5) is 23.0 Å². The first kappa shape index (κ1) is 23.0. The molecule has 2 N–H and O–H groups in total. The van der Waals surface area contributed by atoms with Crippen molar-refractivity contribution in [1.82, 2.24) is 24.8 Å². The van der Waals surface area contributed by atoms with Crippen molar-refractivity contribution in [2.45, 2.75) is 26.4 Å². The molecule has 36 heavy (non-hydrogen) atoms. The summed E-state index contributed by atoms with van der Waals surface area (Å²) in [6.07, 6.45) is 4.82. The second kappa shape index (κ2) is 9.91. The van der Waals surface area contributed by atoms with Gasteiger partial charge in [0.05, 0.1) is 24.1 Å². The van der Waals surface area contributed by atoms with E-state index in [0.29, 0.717) is 18.4 Å². The third kappa shape index (κ3) is 4.81.